The van der Waals surface area contributed by atoms with Gasteiger partial charge in [0.05, 0.1) is 25.3 Å². The van der Waals surface area contributed by atoms with Crippen molar-refractivity contribution in [1.82, 2.24) is 10.2 Å². The van der Waals surface area contributed by atoms with Crippen LogP contribution in [0.15, 0.2) is 70.6 Å². The van der Waals surface area contributed by atoms with Crippen molar-refractivity contribution in [2.45, 2.75) is 43.3 Å². The summed E-state index contributed by atoms with van der Waals surface area (Å²) in [5, 5.41) is 20.6. The predicted molar refractivity (Wildman–Crippen MR) is 181 cm³/mol. The first kappa shape index (κ1) is 32.4. The van der Waals surface area contributed by atoms with Crippen molar-refractivity contribution in [3.63, 3.8) is 0 Å². The highest BCUT2D eigenvalue weighted by molar-refractivity contribution is 8.00. The molecule has 2 aliphatic heterocycles. The minimum Gasteiger partial charge on any atom is -0.507 e. The van der Waals surface area contributed by atoms with E-state index in [0.717, 1.165) is 12.0 Å². The summed E-state index contributed by atoms with van der Waals surface area (Å²) in [4.78, 5) is 28.9. The number of thioether (sulfide) groups is 1. The van der Waals surface area contributed by atoms with Crippen LogP contribution in [0.5, 0.6) is 23.0 Å². The number of fused-ring (bicyclic) bond motifs is 1. The molecule has 3 aromatic carbocycles. The van der Waals surface area contributed by atoms with E-state index in [1.807, 2.05) is 6.92 Å². The number of rotatable bonds is 11. The molecule has 10 nitrogen and oxygen atoms in total. The van der Waals surface area contributed by atoms with Crippen LogP contribution in [0.4, 0.5) is 5.13 Å². The number of ketones is 1. The van der Waals surface area contributed by atoms with E-state index in [1.54, 1.807) is 36.4 Å². The van der Waals surface area contributed by atoms with E-state index in [0.29, 0.717) is 70.0 Å². The average molecular weight is 674 g/mol. The molecule has 1 amide bonds. The molecule has 1 fully saturated rings. The first-order chi connectivity index (χ1) is 22.7. The zero-order valence-electron chi connectivity index (χ0n) is 26.5. The molecule has 0 aliphatic carbocycles. The topological polar surface area (TPSA) is 120 Å². The third kappa shape index (κ3) is 6.93. The normalized spacial score (nSPS) is 17.0. The number of aromatic nitrogens is 2. The third-order valence-electron chi connectivity index (χ3n) is 7.80. The molecule has 2 aliphatic rings. The van der Waals surface area contributed by atoms with Crippen molar-refractivity contribution >= 4 is 45.7 Å². The number of aryl methyl sites for hydroxylation is 1. The fourth-order valence-electron chi connectivity index (χ4n) is 5.26. The predicted octanol–water partition coefficient (Wildman–Crippen LogP) is 6.97. The van der Waals surface area contributed by atoms with Gasteiger partial charge in [-0.25, -0.2) is 0 Å². The van der Waals surface area contributed by atoms with Gasteiger partial charge in [0, 0.05) is 11.3 Å². The van der Waals surface area contributed by atoms with Crippen molar-refractivity contribution in [1.29, 1.82) is 0 Å². The average Bonchev–Trinajstić information content (AvgIpc) is 3.65. The second kappa shape index (κ2) is 14.1. The number of aliphatic hydroxyl groups is 1. The molecular formula is C35H35N3O7S2. The summed E-state index contributed by atoms with van der Waals surface area (Å²) in [5.74, 6) is 1.06. The molecule has 6 rings (SSSR count). The minimum absolute atomic E-state index is 0.0914. The summed E-state index contributed by atoms with van der Waals surface area (Å²) in [6.45, 7) is 7.55. The molecule has 0 radical (unpaired) electrons. The maximum Gasteiger partial charge on any atom is 0.301 e. The Morgan fingerprint density at radius 3 is 2.53 bits per heavy atom. The molecule has 4 aromatic rings. The first-order valence-electron chi connectivity index (χ1n) is 15.3. The number of anilines is 1. The van der Waals surface area contributed by atoms with Crippen LogP contribution in [0, 0.1) is 12.8 Å². The van der Waals surface area contributed by atoms with Crippen molar-refractivity contribution in [2.24, 2.45) is 5.92 Å². The molecule has 0 saturated carbocycles. The smallest absolute Gasteiger partial charge is 0.301 e. The van der Waals surface area contributed by atoms with Crippen molar-refractivity contribution in [3.8, 4) is 23.0 Å². The van der Waals surface area contributed by atoms with E-state index < -0.39 is 17.7 Å². The SMILES string of the molecule is COc1cc(C2/C(=C(\O)c3ccc4c(c3)OCCO4)C(=O)C(=O)N2c2nnc(SCc3ccc(C)cc3)s2)ccc1OCCC(C)C. The molecule has 1 unspecified atom stereocenters. The Balaban J connectivity index is 1.39. The van der Waals surface area contributed by atoms with Gasteiger partial charge < -0.3 is 24.1 Å². The van der Waals surface area contributed by atoms with Gasteiger partial charge in [-0.15, -0.1) is 10.2 Å². The second-order valence-electron chi connectivity index (χ2n) is 11.6. The van der Waals surface area contributed by atoms with Gasteiger partial charge in [-0.05, 0) is 60.7 Å². The van der Waals surface area contributed by atoms with Gasteiger partial charge in [0.1, 0.15) is 19.0 Å². The Bertz CT molecular complexity index is 1820. The van der Waals surface area contributed by atoms with Crippen molar-refractivity contribution in [2.75, 3.05) is 31.8 Å². The van der Waals surface area contributed by atoms with E-state index in [-0.39, 0.29) is 16.5 Å². The number of Topliss-reactive ketones (excluding diaryl/α,β-unsaturated/α-hetero) is 1. The molecular weight excluding hydrogens is 639 g/mol. The van der Waals surface area contributed by atoms with E-state index in [2.05, 4.69) is 48.3 Å². The van der Waals surface area contributed by atoms with Crippen LogP contribution < -0.4 is 23.8 Å². The van der Waals surface area contributed by atoms with Crippen LogP contribution in [-0.4, -0.2) is 53.9 Å². The molecule has 12 heteroatoms. The number of hydrogen-bond donors (Lipinski definition) is 1. The lowest BCUT2D eigenvalue weighted by atomic mass is 9.95. The van der Waals surface area contributed by atoms with Crippen LogP contribution in [0.25, 0.3) is 5.76 Å². The number of carbonyl (C=O) groups excluding carboxylic acids is 2. The number of nitrogens with zero attached hydrogens (tertiary/aromatic N) is 3. The minimum atomic E-state index is -1.02. The first-order valence-corrected chi connectivity index (χ1v) is 17.1. The Labute approximate surface area is 281 Å². The second-order valence-corrected chi connectivity index (χ2v) is 13.8. The standard InChI is InChI=1S/C35H35N3O7S2/c1-20(2)13-14-43-25-11-9-23(17-27(25)42-4)30-29(31(39)24-10-12-26-28(18-24)45-16-15-44-26)32(40)33(41)38(30)34-36-37-35(47-34)46-19-22-7-5-21(3)6-8-22/h5-12,17-18,20,30,39H,13-16,19H2,1-4H3/b31-29+. The maximum atomic E-state index is 13.8. The summed E-state index contributed by atoms with van der Waals surface area (Å²) in [5.41, 5.74) is 3.05. The molecule has 3 heterocycles. The zero-order chi connectivity index (χ0) is 33.1. The molecule has 0 bridgehead atoms. The molecule has 1 atom stereocenters. The molecule has 47 heavy (non-hydrogen) atoms. The Morgan fingerprint density at radius 1 is 1.02 bits per heavy atom. The lowest BCUT2D eigenvalue weighted by Gasteiger charge is -2.24. The largest absolute Gasteiger partial charge is 0.507 e. The van der Waals surface area contributed by atoms with E-state index in [1.165, 1.54) is 40.7 Å². The quantitative estimate of drug-likeness (QED) is 0.0588. The summed E-state index contributed by atoms with van der Waals surface area (Å²) < 4.78 is 23.6. The van der Waals surface area contributed by atoms with E-state index >= 15 is 0 Å². The maximum absolute atomic E-state index is 13.8. The number of methoxy groups -OCH3 is 1. The molecule has 0 spiro atoms. The lowest BCUT2D eigenvalue weighted by molar-refractivity contribution is -0.132. The third-order valence-corrected chi connectivity index (χ3v) is 9.93. The Morgan fingerprint density at radius 2 is 1.79 bits per heavy atom. The van der Waals surface area contributed by atoms with Crippen LogP contribution in [0.3, 0.4) is 0 Å². The highest BCUT2D eigenvalue weighted by Gasteiger charge is 2.48. The van der Waals surface area contributed by atoms with Gasteiger partial charge in [-0.1, -0.05) is 72.8 Å². The highest BCUT2D eigenvalue weighted by Crippen LogP contribution is 2.46. The Hall–Kier alpha value is -4.55. The van der Waals surface area contributed by atoms with E-state index in [4.69, 9.17) is 18.9 Å². The van der Waals surface area contributed by atoms with Gasteiger partial charge >= 0.3 is 5.91 Å². The molecule has 1 aromatic heterocycles. The number of hydrogen-bond acceptors (Lipinski definition) is 11. The number of benzene rings is 3. The zero-order valence-corrected chi connectivity index (χ0v) is 28.2. The number of amides is 1. The highest BCUT2D eigenvalue weighted by atomic mass is 32.2. The van der Waals surface area contributed by atoms with Gasteiger partial charge in [0.25, 0.3) is 5.78 Å². The van der Waals surface area contributed by atoms with Crippen molar-refractivity contribution in [3.05, 3.63) is 88.5 Å². The van der Waals surface area contributed by atoms with E-state index in [9.17, 15) is 14.7 Å². The fourth-order valence-corrected chi connectivity index (χ4v) is 7.08. The Kier molecular flexibility index (Phi) is 9.69. The number of aliphatic hydroxyl groups excluding tert-OH is 1. The number of ether oxygens (including phenoxy) is 4. The van der Waals surface area contributed by atoms with Crippen LogP contribution >= 0.6 is 23.1 Å². The fraction of sp³-hybridized carbons (Fsp3) is 0.314. The molecule has 244 valence electrons. The van der Waals surface area contributed by atoms with Gasteiger partial charge in [-0.3, -0.25) is 14.5 Å². The van der Waals surface area contributed by atoms with Gasteiger partial charge in [0.2, 0.25) is 5.13 Å². The lowest BCUT2D eigenvalue weighted by Crippen LogP contribution is -2.29. The molecule has 1 saturated heterocycles. The van der Waals surface area contributed by atoms with Crippen molar-refractivity contribution < 1.29 is 33.6 Å². The summed E-state index contributed by atoms with van der Waals surface area (Å²) in [7, 11) is 1.53. The monoisotopic (exact) mass is 673 g/mol. The van der Waals surface area contributed by atoms with Crippen LogP contribution in [0.2, 0.25) is 0 Å². The van der Waals surface area contributed by atoms with Gasteiger partial charge in [0.15, 0.2) is 27.3 Å². The van der Waals surface area contributed by atoms with Crippen LogP contribution in [0.1, 0.15) is 48.6 Å². The summed E-state index contributed by atoms with van der Waals surface area (Å²) in [6, 6.07) is 17.3. The molecule has 1 N–H and O–H groups in total. The van der Waals surface area contributed by atoms with Gasteiger partial charge in [-0.2, -0.15) is 0 Å². The van der Waals surface area contributed by atoms with Crippen LogP contribution in [-0.2, 0) is 15.3 Å². The summed E-state index contributed by atoms with van der Waals surface area (Å²) >= 11 is 2.70. The number of carbonyl (C=O) groups is 2. The summed E-state index contributed by atoms with van der Waals surface area (Å²) in [6.07, 6.45) is 0.863.